The number of rotatable bonds is 3. The molecule has 2 aromatic heterocycles. The number of benzene rings is 6. The monoisotopic (exact) mass is 590 g/mol. The molecule has 6 heteroatoms. The smallest absolute Gasteiger partial charge is 0.201 e. The second kappa shape index (κ2) is 11.5. The van der Waals surface area contributed by atoms with Crippen LogP contribution in [0.4, 0.5) is 0 Å². The largest absolute Gasteiger partial charge is 0.508 e. The Labute approximate surface area is 257 Å². The highest BCUT2D eigenvalue weighted by atomic mass is 16.5. The summed E-state index contributed by atoms with van der Waals surface area (Å²) in [6, 6.07) is 37.1. The molecule has 1 N–H and O–H groups in total. The molecule has 0 spiro atoms. The van der Waals surface area contributed by atoms with E-state index in [0.717, 1.165) is 38.4 Å². The van der Waals surface area contributed by atoms with Crippen LogP contribution in [0.1, 0.15) is 0 Å². The Morgan fingerprint density at radius 1 is 0.533 bits per heavy atom. The molecule has 0 aliphatic rings. The average Bonchev–Trinajstić information content (AvgIpc) is 3.09. The van der Waals surface area contributed by atoms with Crippen LogP contribution in [0.3, 0.4) is 0 Å². The first-order valence-corrected chi connectivity index (χ1v) is 14.3. The second-order valence-corrected chi connectivity index (χ2v) is 10.6. The molecule has 0 saturated carbocycles. The van der Waals surface area contributed by atoms with Crippen molar-refractivity contribution < 1.29 is 18.7 Å². The van der Waals surface area contributed by atoms with Crippen LogP contribution in [-0.2, 0) is 0 Å². The van der Waals surface area contributed by atoms with E-state index in [1.807, 2.05) is 97.1 Å². The Morgan fingerprint density at radius 3 is 1.44 bits per heavy atom. The lowest BCUT2D eigenvalue weighted by Gasteiger charge is -2.06. The van der Waals surface area contributed by atoms with Crippen LogP contribution in [0.15, 0.2) is 152 Å². The minimum atomic E-state index is -0.0660. The summed E-state index contributed by atoms with van der Waals surface area (Å²) in [6.07, 6.45) is 3.01. The van der Waals surface area contributed by atoms with Crippen LogP contribution in [0.25, 0.3) is 65.7 Å². The van der Waals surface area contributed by atoms with Crippen molar-refractivity contribution in [1.29, 1.82) is 0 Å². The number of ether oxygens (including phenoxy) is 1. The van der Waals surface area contributed by atoms with Gasteiger partial charge in [0.15, 0.2) is 0 Å². The van der Waals surface area contributed by atoms with E-state index in [4.69, 9.17) is 13.6 Å². The van der Waals surface area contributed by atoms with Crippen molar-refractivity contribution in [2.75, 3.05) is 7.11 Å². The van der Waals surface area contributed by atoms with E-state index in [0.29, 0.717) is 33.1 Å². The molecule has 0 saturated heterocycles. The van der Waals surface area contributed by atoms with Gasteiger partial charge in [-0.3, -0.25) is 9.59 Å². The van der Waals surface area contributed by atoms with Gasteiger partial charge in [-0.2, -0.15) is 0 Å². The number of methoxy groups -OCH3 is 1. The van der Waals surface area contributed by atoms with Crippen LogP contribution >= 0.6 is 0 Å². The molecule has 0 aliphatic carbocycles. The minimum absolute atomic E-state index is 0.0202. The zero-order valence-electron chi connectivity index (χ0n) is 24.2. The highest BCUT2D eigenvalue weighted by Gasteiger charge is 2.13. The van der Waals surface area contributed by atoms with Crippen LogP contribution < -0.4 is 15.6 Å². The van der Waals surface area contributed by atoms with Gasteiger partial charge in [-0.05, 0) is 69.1 Å². The van der Waals surface area contributed by atoms with E-state index in [1.165, 1.54) is 12.5 Å². The Bertz CT molecular complexity index is 2450. The fraction of sp³-hybridized carbons (Fsp3) is 0.0256. The SMILES string of the molecule is COc1ccc(-c2coc3ccc4ccccc4c3c2=O)cc1.O=c1c(-c2ccc(O)cc2)coc2ccc3ccccc3c12. The van der Waals surface area contributed by atoms with Crippen molar-refractivity contribution in [3.05, 3.63) is 154 Å². The van der Waals surface area contributed by atoms with Gasteiger partial charge in [0.1, 0.15) is 35.2 Å². The number of fused-ring (bicyclic) bond motifs is 6. The highest BCUT2D eigenvalue weighted by Crippen LogP contribution is 2.28. The number of phenolic OH excluding ortho intramolecular Hbond substituents is 1. The van der Waals surface area contributed by atoms with Gasteiger partial charge in [0, 0.05) is 0 Å². The van der Waals surface area contributed by atoms with Gasteiger partial charge in [0.2, 0.25) is 10.9 Å². The van der Waals surface area contributed by atoms with Crippen molar-refractivity contribution in [1.82, 2.24) is 0 Å². The first-order chi connectivity index (χ1) is 22.0. The molecule has 0 atom stereocenters. The summed E-state index contributed by atoms with van der Waals surface area (Å²) >= 11 is 0. The molecule has 0 radical (unpaired) electrons. The Kier molecular flexibility index (Phi) is 7.08. The van der Waals surface area contributed by atoms with Gasteiger partial charge in [-0.1, -0.05) is 84.9 Å². The van der Waals surface area contributed by atoms with E-state index in [1.54, 1.807) is 31.4 Å². The predicted octanol–water partition coefficient (Wildman–Crippen LogP) is 8.94. The summed E-state index contributed by atoms with van der Waals surface area (Å²) in [6.45, 7) is 0. The quantitative estimate of drug-likeness (QED) is 0.207. The maximum absolute atomic E-state index is 13.0. The number of hydrogen-bond donors (Lipinski definition) is 1. The third-order valence-corrected chi connectivity index (χ3v) is 7.91. The lowest BCUT2D eigenvalue weighted by atomic mass is 10.0. The predicted molar refractivity (Wildman–Crippen MR) is 179 cm³/mol. The molecule has 0 bridgehead atoms. The molecular weight excluding hydrogens is 564 g/mol. The summed E-state index contributed by atoms with van der Waals surface area (Å²) in [4.78, 5) is 25.9. The molecular formula is C39H26O6. The van der Waals surface area contributed by atoms with Crippen molar-refractivity contribution in [3.63, 3.8) is 0 Å². The summed E-state index contributed by atoms with van der Waals surface area (Å²) in [7, 11) is 1.62. The highest BCUT2D eigenvalue weighted by molar-refractivity contribution is 6.07. The normalized spacial score (nSPS) is 11.0. The lowest BCUT2D eigenvalue weighted by molar-refractivity contribution is 0.415. The van der Waals surface area contributed by atoms with E-state index in [-0.39, 0.29) is 16.6 Å². The summed E-state index contributed by atoms with van der Waals surface area (Å²) < 4.78 is 16.5. The zero-order chi connectivity index (χ0) is 30.9. The molecule has 45 heavy (non-hydrogen) atoms. The number of phenols is 1. The van der Waals surface area contributed by atoms with Crippen LogP contribution in [0.2, 0.25) is 0 Å². The van der Waals surface area contributed by atoms with Crippen LogP contribution in [0.5, 0.6) is 11.5 Å². The van der Waals surface area contributed by atoms with Crippen LogP contribution in [0, 0.1) is 0 Å². The second-order valence-electron chi connectivity index (χ2n) is 10.6. The summed E-state index contributed by atoms with van der Waals surface area (Å²) in [5, 5.41) is 14.4. The summed E-state index contributed by atoms with van der Waals surface area (Å²) in [5.41, 5.74) is 3.67. The van der Waals surface area contributed by atoms with E-state index in [9.17, 15) is 14.7 Å². The standard InChI is InChI=1S/C20H14O3.C19H12O3/c1-22-15-9-6-14(7-10-15)17-12-23-18-11-8-13-4-2-3-5-16(13)19(18)20(17)21;20-14-8-5-13(6-9-14)16-11-22-17-10-7-12-3-1-2-4-15(12)18(17)19(16)21/h2-12H,1H3;1-11,20H. The van der Waals surface area contributed by atoms with E-state index >= 15 is 0 Å². The molecule has 0 unspecified atom stereocenters. The Morgan fingerprint density at radius 2 is 0.978 bits per heavy atom. The first-order valence-electron chi connectivity index (χ1n) is 14.3. The van der Waals surface area contributed by atoms with Gasteiger partial charge in [-0.15, -0.1) is 0 Å². The Balaban J connectivity index is 0.000000145. The van der Waals surface area contributed by atoms with Crippen LogP contribution in [-0.4, -0.2) is 12.2 Å². The number of hydrogen-bond acceptors (Lipinski definition) is 6. The molecule has 0 aliphatic heterocycles. The fourth-order valence-corrected chi connectivity index (χ4v) is 5.60. The fourth-order valence-electron chi connectivity index (χ4n) is 5.60. The van der Waals surface area contributed by atoms with Crippen molar-refractivity contribution >= 4 is 43.5 Å². The van der Waals surface area contributed by atoms with Gasteiger partial charge in [-0.25, -0.2) is 0 Å². The third-order valence-electron chi connectivity index (χ3n) is 7.91. The van der Waals surface area contributed by atoms with Crippen molar-refractivity contribution in [2.45, 2.75) is 0 Å². The lowest BCUT2D eigenvalue weighted by Crippen LogP contribution is -2.05. The summed E-state index contributed by atoms with van der Waals surface area (Å²) in [5.74, 6) is 0.920. The Hall–Kier alpha value is -6.14. The molecule has 8 rings (SSSR count). The molecule has 6 aromatic carbocycles. The van der Waals surface area contributed by atoms with E-state index in [2.05, 4.69) is 0 Å². The van der Waals surface area contributed by atoms with Gasteiger partial charge >= 0.3 is 0 Å². The first kappa shape index (κ1) is 27.7. The molecule has 2 heterocycles. The molecule has 218 valence electrons. The minimum Gasteiger partial charge on any atom is -0.508 e. The molecule has 8 aromatic rings. The maximum atomic E-state index is 13.0. The third kappa shape index (κ3) is 5.08. The number of aromatic hydroxyl groups is 1. The molecule has 6 nitrogen and oxygen atoms in total. The molecule has 0 amide bonds. The topological polar surface area (TPSA) is 89.9 Å². The van der Waals surface area contributed by atoms with E-state index < -0.39 is 0 Å². The van der Waals surface area contributed by atoms with Crippen molar-refractivity contribution in [3.8, 4) is 33.8 Å². The maximum Gasteiger partial charge on any atom is 0.201 e. The van der Waals surface area contributed by atoms with Crippen molar-refractivity contribution in [2.24, 2.45) is 0 Å². The molecule has 0 fully saturated rings. The van der Waals surface area contributed by atoms with Gasteiger partial charge < -0.3 is 18.7 Å². The zero-order valence-corrected chi connectivity index (χ0v) is 24.2. The van der Waals surface area contributed by atoms with Gasteiger partial charge in [0.05, 0.1) is 29.0 Å². The van der Waals surface area contributed by atoms with Gasteiger partial charge in [0.25, 0.3) is 0 Å². The average molecular weight is 591 g/mol.